The fourth-order valence-electron chi connectivity index (χ4n) is 3.61. The molecule has 0 unspecified atom stereocenters. The number of ether oxygens (including phenoxy) is 1. The van der Waals surface area contributed by atoms with E-state index in [-0.39, 0.29) is 17.2 Å². The van der Waals surface area contributed by atoms with E-state index in [1.807, 2.05) is 6.92 Å². The van der Waals surface area contributed by atoms with Crippen molar-refractivity contribution in [1.82, 2.24) is 5.16 Å². The first-order valence-corrected chi connectivity index (χ1v) is 10.9. The lowest BCUT2D eigenvalue weighted by molar-refractivity contribution is -0.132. The van der Waals surface area contributed by atoms with Crippen molar-refractivity contribution in [3.05, 3.63) is 81.5 Å². The van der Waals surface area contributed by atoms with Gasteiger partial charge in [0.2, 0.25) is 0 Å². The fraction of sp³-hybridized carbons (Fsp3) is 0.208. The van der Waals surface area contributed by atoms with Crippen LogP contribution in [0, 0.1) is 6.92 Å². The molecule has 1 fully saturated rings. The predicted octanol–water partition coefficient (Wildman–Crippen LogP) is 5.16. The lowest BCUT2D eigenvalue weighted by Crippen LogP contribution is -2.29. The zero-order valence-corrected chi connectivity index (χ0v) is 19.1. The van der Waals surface area contributed by atoms with Crippen LogP contribution < -0.4 is 9.64 Å². The normalized spacial score (nSPS) is 17.7. The van der Waals surface area contributed by atoms with Gasteiger partial charge in [-0.2, -0.15) is 0 Å². The van der Waals surface area contributed by atoms with Crippen molar-refractivity contribution >= 4 is 39.2 Å². The molecule has 1 atom stereocenters. The summed E-state index contributed by atoms with van der Waals surface area (Å²) >= 11 is 3.36. The Bertz CT molecular complexity index is 1200. The maximum Gasteiger partial charge on any atom is 0.301 e. The first-order chi connectivity index (χ1) is 15.4. The number of carbonyl (C=O) groups is 2. The minimum absolute atomic E-state index is 0.0226. The molecule has 1 saturated heterocycles. The highest BCUT2D eigenvalue weighted by Gasteiger charge is 2.48. The van der Waals surface area contributed by atoms with Gasteiger partial charge in [-0.3, -0.25) is 14.5 Å². The van der Waals surface area contributed by atoms with Gasteiger partial charge >= 0.3 is 5.91 Å². The molecule has 0 saturated carbocycles. The Morgan fingerprint density at radius 2 is 1.94 bits per heavy atom. The summed E-state index contributed by atoms with van der Waals surface area (Å²) in [4.78, 5) is 27.4. The topological polar surface area (TPSA) is 92.9 Å². The predicted molar refractivity (Wildman–Crippen MR) is 122 cm³/mol. The third kappa shape index (κ3) is 4.05. The first-order valence-electron chi connectivity index (χ1n) is 10.1. The zero-order valence-electron chi connectivity index (χ0n) is 17.5. The summed E-state index contributed by atoms with van der Waals surface area (Å²) in [7, 11) is 0. The summed E-state index contributed by atoms with van der Waals surface area (Å²) in [6, 6.07) is 14.7. The van der Waals surface area contributed by atoms with Crippen molar-refractivity contribution in [3.8, 4) is 5.75 Å². The van der Waals surface area contributed by atoms with Gasteiger partial charge in [-0.25, -0.2) is 0 Å². The van der Waals surface area contributed by atoms with Crippen LogP contribution in [-0.2, 0) is 9.59 Å². The number of aryl methyl sites for hydroxylation is 1. The smallest absolute Gasteiger partial charge is 0.301 e. The highest BCUT2D eigenvalue weighted by atomic mass is 79.9. The molecule has 0 bridgehead atoms. The molecule has 1 aliphatic rings. The van der Waals surface area contributed by atoms with Crippen molar-refractivity contribution in [3.63, 3.8) is 0 Å². The molecule has 164 valence electrons. The first kappa shape index (κ1) is 21.8. The van der Waals surface area contributed by atoms with Crippen LogP contribution in [-0.4, -0.2) is 28.6 Å². The van der Waals surface area contributed by atoms with Crippen LogP contribution in [0.4, 0.5) is 5.82 Å². The highest BCUT2D eigenvalue weighted by molar-refractivity contribution is 9.10. The molecule has 0 spiro atoms. The largest absolute Gasteiger partial charge is 0.507 e. The van der Waals surface area contributed by atoms with Crippen LogP contribution in [0.15, 0.2) is 69.2 Å². The number of benzene rings is 2. The van der Waals surface area contributed by atoms with Crippen molar-refractivity contribution in [1.29, 1.82) is 0 Å². The van der Waals surface area contributed by atoms with Crippen LogP contribution in [0.2, 0.25) is 0 Å². The van der Waals surface area contributed by atoms with Gasteiger partial charge in [-0.15, -0.1) is 0 Å². The van der Waals surface area contributed by atoms with Crippen LogP contribution >= 0.6 is 15.9 Å². The van der Waals surface area contributed by atoms with Crippen molar-refractivity contribution < 1.29 is 24.0 Å². The standard InChI is InChI=1S/C24H21BrN2O5/c1-3-11-31-18-6-4-5-16(13-18)21-20(22(28)15-7-9-17(25)10-8-15)23(29)24(30)27(21)19-12-14(2)32-26-19/h4-10,12-13,21,28H,3,11H2,1-2H3/b22-20+/t21-/m0/s1. The van der Waals surface area contributed by atoms with E-state index in [4.69, 9.17) is 9.26 Å². The molecule has 0 aliphatic carbocycles. The lowest BCUT2D eigenvalue weighted by Gasteiger charge is -2.23. The van der Waals surface area contributed by atoms with E-state index in [9.17, 15) is 14.7 Å². The Kier molecular flexibility index (Phi) is 6.14. The van der Waals surface area contributed by atoms with E-state index in [1.165, 1.54) is 4.90 Å². The number of aromatic nitrogens is 1. The summed E-state index contributed by atoms with van der Waals surface area (Å²) in [5.74, 6) is -0.547. The summed E-state index contributed by atoms with van der Waals surface area (Å²) in [6.45, 7) is 4.23. The van der Waals surface area contributed by atoms with Gasteiger partial charge in [-0.05, 0) is 43.2 Å². The molecular formula is C24H21BrN2O5. The Morgan fingerprint density at radius 1 is 1.19 bits per heavy atom. The maximum atomic E-state index is 13.1. The maximum absolute atomic E-state index is 13.1. The van der Waals surface area contributed by atoms with E-state index >= 15 is 0 Å². The number of amides is 1. The SMILES string of the molecule is CCCOc1cccc([C@H]2/C(=C(\O)c3ccc(Br)cc3)C(=O)C(=O)N2c2cc(C)on2)c1. The van der Waals surface area contributed by atoms with Crippen LogP contribution in [0.25, 0.3) is 5.76 Å². The molecular weight excluding hydrogens is 476 g/mol. The van der Waals surface area contributed by atoms with Gasteiger partial charge in [-0.1, -0.05) is 52.3 Å². The van der Waals surface area contributed by atoms with Gasteiger partial charge in [0.25, 0.3) is 5.78 Å². The third-order valence-corrected chi connectivity index (χ3v) is 5.60. The number of aliphatic hydroxyl groups excluding tert-OH is 1. The number of hydrogen-bond acceptors (Lipinski definition) is 6. The summed E-state index contributed by atoms with van der Waals surface area (Å²) in [6.07, 6.45) is 0.838. The summed E-state index contributed by atoms with van der Waals surface area (Å²) in [5, 5.41) is 15.0. The minimum atomic E-state index is -0.895. The minimum Gasteiger partial charge on any atom is -0.507 e. The number of hydrogen-bond donors (Lipinski definition) is 1. The van der Waals surface area contributed by atoms with Gasteiger partial charge in [0, 0.05) is 16.1 Å². The average molecular weight is 497 g/mol. The number of Topliss-reactive ketones (excluding diaryl/α,β-unsaturated/α-hetero) is 1. The van der Waals surface area contributed by atoms with Gasteiger partial charge in [0.05, 0.1) is 18.2 Å². The summed E-state index contributed by atoms with van der Waals surface area (Å²) in [5.41, 5.74) is 1.01. The molecule has 32 heavy (non-hydrogen) atoms. The molecule has 1 aliphatic heterocycles. The Morgan fingerprint density at radius 3 is 2.59 bits per heavy atom. The quantitative estimate of drug-likeness (QED) is 0.287. The number of carbonyl (C=O) groups excluding carboxylic acids is 2. The molecule has 8 heteroatoms. The van der Waals surface area contributed by atoms with E-state index in [0.717, 1.165) is 10.9 Å². The fourth-order valence-corrected chi connectivity index (χ4v) is 3.87. The van der Waals surface area contributed by atoms with Crippen LogP contribution in [0.5, 0.6) is 5.75 Å². The lowest BCUT2D eigenvalue weighted by atomic mass is 9.95. The molecule has 2 heterocycles. The Balaban J connectivity index is 1.90. The second kappa shape index (κ2) is 9.00. The second-order valence-corrected chi connectivity index (χ2v) is 8.31. The molecule has 0 radical (unpaired) electrons. The molecule has 2 aromatic carbocycles. The number of aliphatic hydroxyl groups is 1. The number of nitrogens with zero attached hydrogens (tertiary/aromatic N) is 2. The van der Waals surface area contributed by atoms with E-state index in [1.54, 1.807) is 61.5 Å². The molecule has 3 aromatic rings. The second-order valence-electron chi connectivity index (χ2n) is 7.39. The molecule has 4 rings (SSSR count). The monoisotopic (exact) mass is 496 g/mol. The number of anilines is 1. The Labute approximate surface area is 193 Å². The average Bonchev–Trinajstić information content (AvgIpc) is 3.33. The van der Waals surface area contributed by atoms with Crippen molar-refractivity contribution in [2.75, 3.05) is 11.5 Å². The van der Waals surface area contributed by atoms with Crippen molar-refractivity contribution in [2.24, 2.45) is 0 Å². The molecule has 1 aromatic heterocycles. The zero-order chi connectivity index (χ0) is 22.8. The number of rotatable bonds is 6. The molecule has 7 nitrogen and oxygen atoms in total. The van der Waals surface area contributed by atoms with Crippen LogP contribution in [0.3, 0.4) is 0 Å². The van der Waals surface area contributed by atoms with Crippen LogP contribution in [0.1, 0.15) is 36.3 Å². The van der Waals surface area contributed by atoms with Crippen molar-refractivity contribution in [2.45, 2.75) is 26.3 Å². The van der Waals surface area contributed by atoms with E-state index in [2.05, 4.69) is 21.1 Å². The van der Waals surface area contributed by atoms with E-state index < -0.39 is 17.7 Å². The number of ketones is 1. The Hall–Kier alpha value is -3.39. The van der Waals surface area contributed by atoms with Gasteiger partial charge < -0.3 is 14.4 Å². The third-order valence-electron chi connectivity index (χ3n) is 5.07. The number of halogens is 1. The van der Waals surface area contributed by atoms with E-state index in [0.29, 0.717) is 29.2 Å². The molecule has 1 N–H and O–H groups in total. The summed E-state index contributed by atoms with van der Waals surface area (Å²) < 4.78 is 11.7. The molecule has 1 amide bonds. The van der Waals surface area contributed by atoms with Gasteiger partial charge in [0.15, 0.2) is 5.82 Å². The highest BCUT2D eigenvalue weighted by Crippen LogP contribution is 2.42. The van der Waals surface area contributed by atoms with Gasteiger partial charge in [0.1, 0.15) is 17.3 Å².